The van der Waals surface area contributed by atoms with E-state index in [2.05, 4.69) is 88.5 Å². The third kappa shape index (κ3) is 13.3. The van der Waals surface area contributed by atoms with Crippen LogP contribution in [0.2, 0.25) is 0 Å². The van der Waals surface area contributed by atoms with Gasteiger partial charge in [-0.3, -0.25) is 9.69 Å². The van der Waals surface area contributed by atoms with Crippen molar-refractivity contribution in [3.05, 3.63) is 59.7 Å². The highest BCUT2D eigenvalue weighted by Crippen LogP contribution is 2.55. The van der Waals surface area contributed by atoms with E-state index in [1.807, 2.05) is 38.1 Å². The van der Waals surface area contributed by atoms with E-state index in [9.17, 15) is 4.79 Å². The first kappa shape index (κ1) is 42.7. The molecule has 0 radical (unpaired) electrons. The molecule has 262 valence electrons. The van der Waals surface area contributed by atoms with Crippen molar-refractivity contribution in [3.63, 3.8) is 0 Å². The topological polar surface area (TPSA) is 54.1 Å². The predicted molar refractivity (Wildman–Crippen MR) is 203 cm³/mol. The average molecular weight is 675 g/mol. The van der Waals surface area contributed by atoms with Crippen LogP contribution in [0.5, 0.6) is 0 Å². The van der Waals surface area contributed by atoms with Crippen molar-refractivity contribution >= 4 is 29.3 Å². The van der Waals surface area contributed by atoms with Gasteiger partial charge in [0.1, 0.15) is 5.60 Å². The summed E-state index contributed by atoms with van der Waals surface area (Å²) >= 11 is 3.44. The number of ether oxygens (including phenoxy) is 2. The molecule has 1 fully saturated rings. The van der Waals surface area contributed by atoms with Gasteiger partial charge in [0.25, 0.3) is 0 Å². The summed E-state index contributed by atoms with van der Waals surface area (Å²) in [6, 6.07) is 16.3. The molecule has 2 aromatic rings. The lowest BCUT2D eigenvalue weighted by molar-refractivity contribution is -0.0148. The first-order valence-electron chi connectivity index (χ1n) is 17.5. The number of thioether (sulfide) groups is 2. The van der Waals surface area contributed by atoms with Crippen molar-refractivity contribution in [1.29, 1.82) is 0 Å². The number of nitrogens with zero attached hydrogens (tertiary/aromatic N) is 1. The van der Waals surface area contributed by atoms with Crippen LogP contribution < -0.4 is 5.32 Å². The number of Topliss-reactive ketones (excluding diaryl/α,β-unsaturated/α-hetero) is 1. The molecule has 0 spiro atoms. The zero-order valence-electron chi connectivity index (χ0n) is 31.1. The molecule has 0 bridgehead atoms. The Balaban J connectivity index is 0.000000379. The number of carbonyl (C=O) groups excluding carboxylic acids is 1. The maximum atomic E-state index is 13.0. The SMILES string of the molecule is CCCCN(CCCC)C(C)(C)C(=O)c1ccc(SC)cc1.CCCCNCCCC.COC1(c2ccc(SC)cc2)OC1(C)C. The van der Waals surface area contributed by atoms with Gasteiger partial charge in [0.15, 0.2) is 5.78 Å². The summed E-state index contributed by atoms with van der Waals surface area (Å²) in [7, 11) is 1.69. The molecule has 7 heteroatoms. The number of carbonyl (C=O) groups is 1. The number of hydrogen-bond donors (Lipinski definition) is 1. The van der Waals surface area contributed by atoms with Crippen molar-refractivity contribution in [1.82, 2.24) is 10.2 Å². The fourth-order valence-corrected chi connectivity index (χ4v) is 6.11. The molecular weight excluding hydrogens is 609 g/mol. The van der Waals surface area contributed by atoms with Crippen LogP contribution in [0.4, 0.5) is 0 Å². The van der Waals surface area contributed by atoms with Crippen molar-refractivity contribution in [2.75, 3.05) is 45.8 Å². The number of hydrogen-bond acceptors (Lipinski definition) is 7. The Labute approximate surface area is 291 Å². The molecule has 1 atom stereocenters. The molecule has 0 amide bonds. The van der Waals surface area contributed by atoms with Gasteiger partial charge >= 0.3 is 0 Å². The van der Waals surface area contributed by atoms with Crippen LogP contribution in [0.1, 0.15) is 123 Å². The van der Waals surface area contributed by atoms with E-state index in [1.165, 1.54) is 48.6 Å². The second-order valence-corrected chi connectivity index (χ2v) is 14.7. The van der Waals surface area contributed by atoms with E-state index in [1.54, 1.807) is 30.6 Å². The number of nitrogens with one attached hydrogen (secondary N) is 1. The third-order valence-electron chi connectivity index (χ3n) is 8.58. The fourth-order valence-electron chi connectivity index (χ4n) is 5.29. The van der Waals surface area contributed by atoms with Gasteiger partial charge in [-0.2, -0.15) is 0 Å². The van der Waals surface area contributed by atoms with E-state index >= 15 is 0 Å². The Kier molecular flexibility index (Phi) is 20.7. The largest absolute Gasteiger partial charge is 0.347 e. The van der Waals surface area contributed by atoms with Gasteiger partial charge in [0.05, 0.1) is 5.54 Å². The molecule has 5 nitrogen and oxygen atoms in total. The number of epoxide rings is 1. The molecule has 1 aliphatic heterocycles. The lowest BCUT2D eigenvalue weighted by atomic mass is 9.90. The summed E-state index contributed by atoms with van der Waals surface area (Å²) in [5, 5.41) is 3.39. The fraction of sp³-hybridized carbons (Fsp3) is 0.667. The van der Waals surface area contributed by atoms with Crippen LogP contribution >= 0.6 is 23.5 Å². The quantitative estimate of drug-likeness (QED) is 0.0689. The number of methoxy groups -OCH3 is 1. The second kappa shape index (κ2) is 22.3. The summed E-state index contributed by atoms with van der Waals surface area (Å²) < 4.78 is 11.2. The highest BCUT2D eigenvalue weighted by Gasteiger charge is 2.66. The molecule has 1 saturated heterocycles. The van der Waals surface area contributed by atoms with Gasteiger partial charge in [0.2, 0.25) is 5.79 Å². The van der Waals surface area contributed by atoms with Crippen LogP contribution in [0, 0.1) is 0 Å². The summed E-state index contributed by atoms with van der Waals surface area (Å²) in [6.07, 6.45) is 14.0. The van der Waals surface area contributed by atoms with Crippen LogP contribution in [0.25, 0.3) is 0 Å². The van der Waals surface area contributed by atoms with Crippen LogP contribution in [0.3, 0.4) is 0 Å². The Morgan fingerprint density at radius 1 is 0.783 bits per heavy atom. The molecule has 0 aromatic heterocycles. The molecular formula is C39H66N2O3S2. The summed E-state index contributed by atoms with van der Waals surface area (Å²) in [5.41, 5.74) is 1.25. The zero-order valence-corrected chi connectivity index (χ0v) is 32.7. The normalized spacial score (nSPS) is 16.7. The third-order valence-corrected chi connectivity index (χ3v) is 10.1. The van der Waals surface area contributed by atoms with E-state index in [0.717, 1.165) is 49.9 Å². The van der Waals surface area contributed by atoms with Crippen LogP contribution in [0.15, 0.2) is 58.3 Å². The molecule has 46 heavy (non-hydrogen) atoms. The van der Waals surface area contributed by atoms with E-state index in [-0.39, 0.29) is 11.4 Å². The number of benzene rings is 2. The van der Waals surface area contributed by atoms with Crippen molar-refractivity contribution in [2.24, 2.45) is 0 Å². The zero-order chi connectivity index (χ0) is 34.6. The van der Waals surface area contributed by atoms with Gasteiger partial charge < -0.3 is 14.8 Å². The smallest absolute Gasteiger partial charge is 0.225 e. The molecule has 1 aliphatic rings. The van der Waals surface area contributed by atoms with Crippen molar-refractivity contribution in [2.45, 2.75) is 133 Å². The Hall–Kier alpha value is -1.35. The summed E-state index contributed by atoms with van der Waals surface area (Å²) in [5.74, 6) is -0.309. The van der Waals surface area contributed by atoms with Gasteiger partial charge in [-0.05, 0) is 116 Å². The minimum Gasteiger partial charge on any atom is -0.347 e. The number of rotatable bonds is 19. The lowest BCUT2D eigenvalue weighted by Crippen LogP contribution is -2.50. The molecule has 3 rings (SSSR count). The van der Waals surface area contributed by atoms with Gasteiger partial charge in [-0.15, -0.1) is 23.5 Å². The van der Waals surface area contributed by atoms with Crippen molar-refractivity contribution < 1.29 is 14.3 Å². The highest BCUT2D eigenvalue weighted by atomic mass is 32.2. The second-order valence-electron chi connectivity index (χ2n) is 12.9. The Morgan fingerprint density at radius 2 is 1.20 bits per heavy atom. The summed E-state index contributed by atoms with van der Waals surface area (Å²) in [4.78, 5) is 17.8. The van der Waals surface area contributed by atoms with Crippen LogP contribution in [-0.4, -0.2) is 67.6 Å². The maximum Gasteiger partial charge on any atom is 0.225 e. The molecule has 0 saturated carbocycles. The first-order valence-corrected chi connectivity index (χ1v) is 19.9. The summed E-state index contributed by atoms with van der Waals surface area (Å²) in [6.45, 7) is 21.5. The Bertz CT molecular complexity index is 1080. The molecule has 0 aliphatic carbocycles. The molecule has 1 heterocycles. The maximum absolute atomic E-state index is 13.0. The molecule has 1 unspecified atom stereocenters. The minimum atomic E-state index is -0.538. The monoisotopic (exact) mass is 674 g/mol. The van der Waals surface area contributed by atoms with Gasteiger partial charge in [-0.25, -0.2) is 0 Å². The van der Waals surface area contributed by atoms with Crippen molar-refractivity contribution in [3.8, 4) is 0 Å². The van der Waals surface area contributed by atoms with Gasteiger partial charge in [0, 0.05) is 28.0 Å². The van der Waals surface area contributed by atoms with E-state index in [0.29, 0.717) is 0 Å². The van der Waals surface area contributed by atoms with Crippen LogP contribution in [-0.2, 0) is 15.3 Å². The first-order chi connectivity index (χ1) is 21.9. The van der Waals surface area contributed by atoms with E-state index in [4.69, 9.17) is 9.47 Å². The highest BCUT2D eigenvalue weighted by molar-refractivity contribution is 7.98. The minimum absolute atomic E-state index is 0.220. The number of unbranched alkanes of at least 4 members (excludes halogenated alkanes) is 4. The number of ketones is 1. The standard InChI is InChI=1S/C19H31NOS.C12H16O2S.C8H19N/c1-6-8-14-20(15-9-7-2)19(3,4)18(21)16-10-12-17(22-5)13-11-16;1-11(2)12(13-3,14-11)9-5-7-10(15-4)8-6-9;1-3-5-7-9-8-6-4-2/h10-13H,6-9,14-15H2,1-5H3;5-8H,1-4H3;9H,3-8H2,1-2H3. The lowest BCUT2D eigenvalue weighted by Gasteiger charge is -2.37. The average Bonchev–Trinajstić information content (AvgIpc) is 3.66. The molecule has 2 aromatic carbocycles. The molecule has 1 N–H and O–H groups in total. The van der Waals surface area contributed by atoms with E-state index < -0.39 is 11.3 Å². The predicted octanol–water partition coefficient (Wildman–Crippen LogP) is 10.5. The Morgan fingerprint density at radius 3 is 1.54 bits per heavy atom. The van der Waals surface area contributed by atoms with Gasteiger partial charge in [-0.1, -0.05) is 77.6 Å².